The third kappa shape index (κ3) is 3.71. The topological polar surface area (TPSA) is 42.0 Å². The molecule has 0 spiro atoms. The van der Waals surface area contributed by atoms with Gasteiger partial charge in [-0.05, 0) is 37.1 Å². The van der Waals surface area contributed by atoms with Crippen LogP contribution in [-0.4, -0.2) is 17.4 Å². The highest BCUT2D eigenvalue weighted by atomic mass is 35.5. The number of carbonyl (C=O) groups excluding carboxylic acids is 1. The summed E-state index contributed by atoms with van der Waals surface area (Å²) >= 11 is 6.07. The van der Waals surface area contributed by atoms with Gasteiger partial charge in [0.25, 0.3) is 5.91 Å². The first-order valence-corrected chi connectivity index (χ1v) is 8.00. The maximum absolute atomic E-state index is 13.2. The van der Waals surface area contributed by atoms with E-state index in [0.29, 0.717) is 23.0 Å². The lowest BCUT2D eigenvalue weighted by molar-refractivity contribution is 0.0954. The van der Waals surface area contributed by atoms with Crippen LogP contribution in [0.3, 0.4) is 0 Å². The average Bonchev–Trinajstić information content (AvgIpc) is 2.54. The Balaban J connectivity index is 1.71. The Labute approximate surface area is 144 Å². The highest BCUT2D eigenvalue weighted by Gasteiger charge is 2.13. The molecule has 0 unspecified atom stereocenters. The number of nitrogens with zero attached hydrogens (tertiary/aromatic N) is 1. The molecule has 0 radical (unpaired) electrons. The molecule has 0 atom stereocenters. The van der Waals surface area contributed by atoms with Crippen molar-refractivity contribution in [1.29, 1.82) is 0 Å². The number of fused-ring (bicyclic) bond motifs is 1. The minimum absolute atomic E-state index is 0.0705. The van der Waals surface area contributed by atoms with Gasteiger partial charge in [-0.15, -0.1) is 0 Å². The second-order valence-electron chi connectivity index (χ2n) is 5.66. The van der Waals surface area contributed by atoms with Gasteiger partial charge in [-0.3, -0.25) is 4.79 Å². The molecule has 1 amide bonds. The van der Waals surface area contributed by atoms with Crippen molar-refractivity contribution < 1.29 is 9.18 Å². The first kappa shape index (κ1) is 16.4. The zero-order chi connectivity index (χ0) is 17.1. The molecule has 0 fully saturated rings. The van der Waals surface area contributed by atoms with Crippen LogP contribution in [0, 0.1) is 12.7 Å². The van der Waals surface area contributed by atoms with Crippen LogP contribution < -0.4 is 5.32 Å². The third-order valence-electron chi connectivity index (χ3n) is 3.76. The predicted octanol–water partition coefficient (Wildman–Crippen LogP) is 4.31. The lowest BCUT2D eigenvalue weighted by Gasteiger charge is -2.08. The van der Waals surface area contributed by atoms with E-state index in [1.165, 1.54) is 17.7 Å². The molecule has 24 heavy (non-hydrogen) atoms. The Morgan fingerprint density at radius 3 is 2.83 bits per heavy atom. The molecule has 1 heterocycles. The molecule has 122 valence electrons. The molecule has 1 N–H and O–H groups in total. The SMILES string of the molecule is Cc1cccc(CCNC(=O)c2cc3ccc(F)cc3nc2Cl)c1. The second-order valence-corrected chi connectivity index (χ2v) is 6.02. The third-order valence-corrected chi connectivity index (χ3v) is 4.05. The molecule has 0 aliphatic rings. The highest BCUT2D eigenvalue weighted by Crippen LogP contribution is 2.21. The highest BCUT2D eigenvalue weighted by molar-refractivity contribution is 6.33. The summed E-state index contributed by atoms with van der Waals surface area (Å²) in [4.78, 5) is 16.4. The van der Waals surface area contributed by atoms with E-state index in [0.717, 1.165) is 12.0 Å². The van der Waals surface area contributed by atoms with Crippen molar-refractivity contribution in [2.24, 2.45) is 0 Å². The van der Waals surface area contributed by atoms with Gasteiger partial charge in [0.1, 0.15) is 11.0 Å². The summed E-state index contributed by atoms with van der Waals surface area (Å²) in [7, 11) is 0. The smallest absolute Gasteiger partial charge is 0.254 e. The number of halogens is 2. The number of benzene rings is 2. The van der Waals surface area contributed by atoms with E-state index in [1.54, 1.807) is 12.1 Å². The van der Waals surface area contributed by atoms with Gasteiger partial charge in [-0.25, -0.2) is 9.37 Å². The molecule has 2 aromatic carbocycles. The zero-order valence-electron chi connectivity index (χ0n) is 13.1. The van der Waals surface area contributed by atoms with Gasteiger partial charge in [0.2, 0.25) is 0 Å². The summed E-state index contributed by atoms with van der Waals surface area (Å²) in [6.45, 7) is 2.53. The van der Waals surface area contributed by atoms with Crippen molar-refractivity contribution in [3.8, 4) is 0 Å². The summed E-state index contributed by atoms with van der Waals surface area (Å²) in [6, 6.07) is 14.0. The fourth-order valence-corrected chi connectivity index (χ4v) is 2.79. The quantitative estimate of drug-likeness (QED) is 0.718. The van der Waals surface area contributed by atoms with E-state index in [4.69, 9.17) is 11.6 Å². The number of rotatable bonds is 4. The normalized spacial score (nSPS) is 10.8. The zero-order valence-corrected chi connectivity index (χ0v) is 13.9. The first-order valence-electron chi connectivity index (χ1n) is 7.62. The number of carbonyl (C=O) groups is 1. The van der Waals surface area contributed by atoms with Crippen LogP contribution in [0.4, 0.5) is 4.39 Å². The van der Waals surface area contributed by atoms with Gasteiger partial charge < -0.3 is 5.32 Å². The summed E-state index contributed by atoms with van der Waals surface area (Å²) in [5.74, 6) is -0.673. The van der Waals surface area contributed by atoms with E-state index in [9.17, 15) is 9.18 Å². The Kier molecular flexibility index (Phi) is 4.76. The molecule has 0 aliphatic carbocycles. The minimum Gasteiger partial charge on any atom is -0.352 e. The number of aromatic nitrogens is 1. The number of hydrogen-bond acceptors (Lipinski definition) is 2. The number of nitrogens with one attached hydrogen (secondary N) is 1. The van der Waals surface area contributed by atoms with Crippen LogP contribution in [0.5, 0.6) is 0 Å². The lowest BCUT2D eigenvalue weighted by atomic mass is 10.1. The Morgan fingerprint density at radius 1 is 1.21 bits per heavy atom. The number of hydrogen-bond donors (Lipinski definition) is 1. The van der Waals surface area contributed by atoms with E-state index >= 15 is 0 Å². The fraction of sp³-hybridized carbons (Fsp3) is 0.158. The first-order chi connectivity index (χ1) is 11.5. The van der Waals surface area contributed by atoms with Crippen LogP contribution in [0.2, 0.25) is 5.15 Å². The summed E-state index contributed by atoms with van der Waals surface area (Å²) in [5.41, 5.74) is 3.07. The fourth-order valence-electron chi connectivity index (χ4n) is 2.56. The van der Waals surface area contributed by atoms with Gasteiger partial charge >= 0.3 is 0 Å². The van der Waals surface area contributed by atoms with Crippen molar-refractivity contribution in [1.82, 2.24) is 10.3 Å². The minimum atomic E-state index is -0.388. The van der Waals surface area contributed by atoms with Gasteiger partial charge in [0, 0.05) is 18.0 Å². The average molecular weight is 343 g/mol. The maximum atomic E-state index is 13.2. The van der Waals surface area contributed by atoms with E-state index in [1.807, 2.05) is 25.1 Å². The summed E-state index contributed by atoms with van der Waals surface area (Å²) in [6.07, 6.45) is 0.733. The molecule has 3 nitrogen and oxygen atoms in total. The molecular weight excluding hydrogens is 327 g/mol. The van der Waals surface area contributed by atoms with Gasteiger partial charge in [-0.2, -0.15) is 0 Å². The number of amides is 1. The van der Waals surface area contributed by atoms with Crippen LogP contribution >= 0.6 is 11.6 Å². The molecule has 1 aromatic heterocycles. The van der Waals surface area contributed by atoms with Crippen LogP contribution in [0.1, 0.15) is 21.5 Å². The summed E-state index contributed by atoms with van der Waals surface area (Å²) < 4.78 is 13.2. The van der Waals surface area contributed by atoms with Gasteiger partial charge in [0.05, 0.1) is 11.1 Å². The Hall–Kier alpha value is -2.46. The van der Waals surface area contributed by atoms with Crippen molar-refractivity contribution in [3.63, 3.8) is 0 Å². The Bertz CT molecular complexity index is 911. The standard InChI is InChI=1S/C19H16ClFN2O/c1-12-3-2-4-13(9-12)7-8-22-19(24)16-10-14-5-6-15(21)11-17(14)23-18(16)20/h2-6,9-11H,7-8H2,1H3,(H,22,24). The molecule has 5 heteroatoms. The molecule has 3 aromatic rings. The van der Waals surface area contributed by atoms with Gasteiger partial charge in [0.15, 0.2) is 0 Å². The van der Waals surface area contributed by atoms with Crippen LogP contribution in [0.15, 0.2) is 48.5 Å². The number of pyridine rings is 1. The van der Waals surface area contributed by atoms with Crippen molar-refractivity contribution >= 4 is 28.4 Å². The largest absolute Gasteiger partial charge is 0.352 e. The lowest BCUT2D eigenvalue weighted by Crippen LogP contribution is -2.26. The van der Waals surface area contributed by atoms with Crippen LogP contribution in [-0.2, 0) is 6.42 Å². The monoisotopic (exact) mass is 342 g/mol. The second kappa shape index (κ2) is 6.97. The predicted molar refractivity (Wildman–Crippen MR) is 93.9 cm³/mol. The van der Waals surface area contributed by atoms with Crippen molar-refractivity contribution in [2.45, 2.75) is 13.3 Å². The van der Waals surface area contributed by atoms with E-state index < -0.39 is 0 Å². The molecule has 0 aliphatic heterocycles. The van der Waals surface area contributed by atoms with E-state index in [2.05, 4.69) is 16.4 Å². The van der Waals surface area contributed by atoms with Gasteiger partial charge in [-0.1, -0.05) is 41.4 Å². The summed E-state index contributed by atoms with van der Waals surface area (Å²) in [5, 5.41) is 3.59. The molecule has 0 bridgehead atoms. The molecule has 0 saturated carbocycles. The molecule has 0 saturated heterocycles. The Morgan fingerprint density at radius 2 is 2.04 bits per heavy atom. The molecule has 3 rings (SSSR count). The van der Waals surface area contributed by atoms with Crippen molar-refractivity contribution in [3.05, 3.63) is 76.2 Å². The van der Waals surface area contributed by atoms with Crippen LogP contribution in [0.25, 0.3) is 10.9 Å². The number of aryl methyl sites for hydroxylation is 1. The van der Waals surface area contributed by atoms with Crippen molar-refractivity contribution in [2.75, 3.05) is 6.54 Å². The molecular formula is C19H16ClFN2O. The van der Waals surface area contributed by atoms with E-state index in [-0.39, 0.29) is 16.9 Å². The maximum Gasteiger partial charge on any atom is 0.254 e.